The van der Waals surface area contributed by atoms with Gasteiger partial charge in [0.25, 0.3) is 0 Å². The van der Waals surface area contributed by atoms with Crippen LogP contribution in [0.25, 0.3) is 0 Å². The van der Waals surface area contributed by atoms with Gasteiger partial charge >= 0.3 is 0 Å². The highest BCUT2D eigenvalue weighted by Gasteiger charge is 2.02. The van der Waals surface area contributed by atoms with Crippen LogP contribution in [0, 0.1) is 0 Å². The van der Waals surface area contributed by atoms with Gasteiger partial charge in [0.15, 0.2) is 0 Å². The van der Waals surface area contributed by atoms with Crippen LogP contribution < -0.4 is 10.6 Å². The zero-order valence-corrected chi connectivity index (χ0v) is 13.6. The minimum absolute atomic E-state index is 0.728. The van der Waals surface area contributed by atoms with Gasteiger partial charge in [-0.1, -0.05) is 72.3 Å². The fraction of sp³-hybridized carbons (Fsp3) is 0.100. The molecule has 0 bridgehead atoms. The van der Waals surface area contributed by atoms with Crippen LogP contribution in [0.15, 0.2) is 78.9 Å². The van der Waals surface area contributed by atoms with Gasteiger partial charge in [0.2, 0.25) is 0 Å². The van der Waals surface area contributed by atoms with Crippen molar-refractivity contribution in [2.75, 3.05) is 10.6 Å². The Balaban J connectivity index is 1.64. The standard InChI is InChI=1S/C20H19ClN2/c21-19-12-11-18(22-14-16-7-3-1-4-8-16)13-20(19)23-15-17-9-5-2-6-10-17/h1-13,22-23H,14-15H2. The predicted octanol–water partition coefficient (Wildman–Crippen LogP) is 5.56. The molecule has 0 aliphatic carbocycles. The minimum Gasteiger partial charge on any atom is -0.381 e. The average Bonchev–Trinajstić information content (AvgIpc) is 2.62. The quantitative estimate of drug-likeness (QED) is 0.620. The molecule has 0 aromatic heterocycles. The van der Waals surface area contributed by atoms with E-state index in [1.165, 1.54) is 11.1 Å². The number of hydrogen-bond donors (Lipinski definition) is 2. The second kappa shape index (κ2) is 7.70. The van der Waals surface area contributed by atoms with Gasteiger partial charge in [-0.2, -0.15) is 0 Å². The van der Waals surface area contributed by atoms with Crippen molar-refractivity contribution in [2.45, 2.75) is 13.1 Å². The van der Waals surface area contributed by atoms with Crippen LogP contribution in [0.1, 0.15) is 11.1 Å². The third-order valence-corrected chi connectivity index (χ3v) is 3.96. The molecule has 116 valence electrons. The fourth-order valence-corrected chi connectivity index (χ4v) is 2.55. The number of anilines is 2. The summed E-state index contributed by atoms with van der Waals surface area (Å²) in [6.45, 7) is 1.54. The van der Waals surface area contributed by atoms with Crippen molar-refractivity contribution in [2.24, 2.45) is 0 Å². The Morgan fingerprint density at radius 1 is 0.652 bits per heavy atom. The van der Waals surface area contributed by atoms with Gasteiger partial charge in [0.05, 0.1) is 10.7 Å². The Bertz CT molecular complexity index is 742. The lowest BCUT2D eigenvalue weighted by Crippen LogP contribution is -2.02. The molecular formula is C20H19ClN2. The third-order valence-electron chi connectivity index (χ3n) is 3.63. The predicted molar refractivity (Wildman–Crippen MR) is 99.0 cm³/mol. The van der Waals surface area contributed by atoms with Crippen molar-refractivity contribution in [1.29, 1.82) is 0 Å². The van der Waals surface area contributed by atoms with Crippen molar-refractivity contribution >= 4 is 23.0 Å². The fourth-order valence-electron chi connectivity index (χ4n) is 2.36. The first kappa shape index (κ1) is 15.4. The Morgan fingerprint density at radius 2 is 1.22 bits per heavy atom. The van der Waals surface area contributed by atoms with Crippen molar-refractivity contribution in [3.63, 3.8) is 0 Å². The molecule has 0 radical (unpaired) electrons. The molecule has 0 spiro atoms. The summed E-state index contributed by atoms with van der Waals surface area (Å²) < 4.78 is 0. The number of benzene rings is 3. The van der Waals surface area contributed by atoms with Crippen molar-refractivity contribution in [3.8, 4) is 0 Å². The third kappa shape index (κ3) is 4.51. The molecule has 0 saturated heterocycles. The molecule has 0 amide bonds. The van der Waals surface area contributed by atoms with Crippen LogP contribution in [-0.2, 0) is 13.1 Å². The first-order chi connectivity index (χ1) is 11.3. The average molecular weight is 323 g/mol. The number of hydrogen-bond acceptors (Lipinski definition) is 2. The molecule has 3 aromatic carbocycles. The lowest BCUT2D eigenvalue weighted by Gasteiger charge is -2.12. The maximum atomic E-state index is 6.29. The second-order valence-electron chi connectivity index (χ2n) is 5.37. The minimum atomic E-state index is 0.728. The largest absolute Gasteiger partial charge is 0.381 e. The molecule has 0 aliphatic heterocycles. The van der Waals surface area contributed by atoms with Crippen LogP contribution in [0.2, 0.25) is 5.02 Å². The maximum absolute atomic E-state index is 6.29. The lowest BCUT2D eigenvalue weighted by molar-refractivity contribution is 1.13. The number of nitrogens with one attached hydrogen (secondary N) is 2. The van der Waals surface area contributed by atoms with E-state index in [4.69, 9.17) is 11.6 Å². The zero-order chi connectivity index (χ0) is 15.9. The normalized spacial score (nSPS) is 10.3. The van der Waals surface area contributed by atoms with Crippen LogP contribution >= 0.6 is 11.6 Å². The highest BCUT2D eigenvalue weighted by Crippen LogP contribution is 2.26. The first-order valence-corrected chi connectivity index (χ1v) is 8.04. The molecule has 0 saturated carbocycles. The lowest BCUT2D eigenvalue weighted by atomic mass is 10.2. The van der Waals surface area contributed by atoms with Crippen LogP contribution in [0.3, 0.4) is 0 Å². The molecular weight excluding hydrogens is 304 g/mol. The van der Waals surface area contributed by atoms with E-state index in [1.807, 2.05) is 54.6 Å². The maximum Gasteiger partial charge on any atom is 0.0639 e. The van der Waals surface area contributed by atoms with E-state index in [0.717, 1.165) is 29.5 Å². The molecule has 3 aromatic rings. The summed E-state index contributed by atoms with van der Waals surface area (Å²) in [6.07, 6.45) is 0. The number of rotatable bonds is 6. The van der Waals surface area contributed by atoms with Crippen LogP contribution in [0.5, 0.6) is 0 Å². The topological polar surface area (TPSA) is 24.1 Å². The highest BCUT2D eigenvalue weighted by molar-refractivity contribution is 6.33. The summed E-state index contributed by atoms with van der Waals surface area (Å²) in [5.41, 5.74) is 4.47. The molecule has 3 rings (SSSR count). The Hall–Kier alpha value is -2.45. The molecule has 0 unspecified atom stereocenters. The summed E-state index contributed by atoms with van der Waals surface area (Å²) >= 11 is 6.29. The first-order valence-electron chi connectivity index (χ1n) is 7.66. The van der Waals surface area contributed by atoms with E-state index < -0.39 is 0 Å². The van der Waals surface area contributed by atoms with Gasteiger partial charge in [-0.3, -0.25) is 0 Å². The van der Waals surface area contributed by atoms with E-state index in [-0.39, 0.29) is 0 Å². The molecule has 0 fully saturated rings. The summed E-state index contributed by atoms with van der Waals surface area (Å²) in [5, 5.41) is 7.55. The van der Waals surface area contributed by atoms with Crippen LogP contribution in [-0.4, -0.2) is 0 Å². The molecule has 23 heavy (non-hydrogen) atoms. The Morgan fingerprint density at radius 3 is 1.83 bits per heavy atom. The monoisotopic (exact) mass is 322 g/mol. The summed E-state index contributed by atoms with van der Waals surface area (Å²) in [5.74, 6) is 0. The highest BCUT2D eigenvalue weighted by atomic mass is 35.5. The van der Waals surface area contributed by atoms with Gasteiger partial charge in [0, 0.05) is 18.8 Å². The van der Waals surface area contributed by atoms with E-state index in [1.54, 1.807) is 0 Å². The summed E-state index contributed by atoms with van der Waals surface area (Å²) in [4.78, 5) is 0. The summed E-state index contributed by atoms with van der Waals surface area (Å²) in [7, 11) is 0. The molecule has 0 heterocycles. The second-order valence-corrected chi connectivity index (χ2v) is 5.78. The van der Waals surface area contributed by atoms with Gasteiger partial charge in [-0.25, -0.2) is 0 Å². The van der Waals surface area contributed by atoms with Gasteiger partial charge in [-0.15, -0.1) is 0 Å². The molecule has 2 nitrogen and oxygen atoms in total. The van der Waals surface area contributed by atoms with Crippen LogP contribution in [0.4, 0.5) is 11.4 Å². The van der Waals surface area contributed by atoms with E-state index >= 15 is 0 Å². The Labute approximate surface area is 142 Å². The molecule has 0 atom stereocenters. The van der Waals surface area contributed by atoms with E-state index in [0.29, 0.717) is 0 Å². The van der Waals surface area contributed by atoms with Crippen molar-refractivity contribution in [1.82, 2.24) is 0 Å². The smallest absolute Gasteiger partial charge is 0.0639 e. The molecule has 2 N–H and O–H groups in total. The molecule has 3 heteroatoms. The number of halogens is 1. The van der Waals surface area contributed by atoms with Gasteiger partial charge < -0.3 is 10.6 Å². The van der Waals surface area contributed by atoms with E-state index in [9.17, 15) is 0 Å². The van der Waals surface area contributed by atoms with Crippen molar-refractivity contribution < 1.29 is 0 Å². The SMILES string of the molecule is Clc1ccc(NCc2ccccc2)cc1NCc1ccccc1. The van der Waals surface area contributed by atoms with Crippen molar-refractivity contribution in [3.05, 3.63) is 95.0 Å². The molecule has 0 aliphatic rings. The van der Waals surface area contributed by atoms with Gasteiger partial charge in [0.1, 0.15) is 0 Å². The summed E-state index contributed by atoms with van der Waals surface area (Å²) in [6, 6.07) is 26.6. The van der Waals surface area contributed by atoms with E-state index in [2.05, 4.69) is 34.9 Å². The van der Waals surface area contributed by atoms with Gasteiger partial charge in [-0.05, 0) is 29.3 Å². The Kier molecular flexibility index (Phi) is 5.17. The zero-order valence-electron chi connectivity index (χ0n) is 12.8.